The topological polar surface area (TPSA) is 62.6 Å². The van der Waals surface area contributed by atoms with Crippen molar-refractivity contribution in [3.8, 4) is 0 Å². The largest absolute Gasteiger partial charge is 0.466 e. The molecule has 0 aromatic carbocycles. The van der Waals surface area contributed by atoms with Crippen LogP contribution in [0, 0.1) is 19.8 Å². The average molecular weight is 336 g/mol. The summed E-state index contributed by atoms with van der Waals surface area (Å²) in [6, 6.07) is 1.94. The van der Waals surface area contributed by atoms with Crippen LogP contribution >= 0.6 is 0 Å². The molecule has 136 valence electrons. The maximum absolute atomic E-state index is 12.8. The lowest BCUT2D eigenvalue weighted by atomic mass is 10.1. The van der Waals surface area contributed by atoms with Gasteiger partial charge in [0.15, 0.2) is 0 Å². The fraction of sp³-hybridized carbons (Fsp3) is 0.684. The van der Waals surface area contributed by atoms with Gasteiger partial charge in [0.05, 0.1) is 5.56 Å². The lowest BCUT2D eigenvalue weighted by Crippen LogP contribution is -2.38. The minimum atomic E-state index is -0.0543. The van der Waals surface area contributed by atoms with E-state index in [0.717, 1.165) is 18.6 Å². The van der Waals surface area contributed by atoms with E-state index >= 15 is 0 Å². The second kappa shape index (κ2) is 9.50. The predicted octanol–water partition coefficient (Wildman–Crippen LogP) is 3.69. The Hall–Kier alpha value is -1.78. The first kappa shape index (κ1) is 20.3. The van der Waals surface area contributed by atoms with E-state index < -0.39 is 0 Å². The van der Waals surface area contributed by atoms with Crippen molar-refractivity contribution in [1.29, 1.82) is 0 Å². The number of rotatable bonds is 9. The Morgan fingerprint density at radius 3 is 2.38 bits per heavy atom. The third-order valence-corrected chi connectivity index (χ3v) is 4.16. The molecule has 0 saturated carbocycles. The summed E-state index contributed by atoms with van der Waals surface area (Å²) in [5, 5.41) is 2.95. The van der Waals surface area contributed by atoms with Crippen molar-refractivity contribution in [2.24, 2.45) is 5.92 Å². The van der Waals surface area contributed by atoms with Crippen LogP contribution in [0.15, 0.2) is 10.5 Å². The summed E-state index contributed by atoms with van der Waals surface area (Å²) in [6.45, 7) is 13.0. The van der Waals surface area contributed by atoms with Gasteiger partial charge in [-0.3, -0.25) is 9.59 Å². The monoisotopic (exact) mass is 336 g/mol. The number of aryl methyl sites for hydroxylation is 2. The third kappa shape index (κ3) is 6.38. The number of carbonyl (C=O) groups is 2. The molecule has 0 saturated heterocycles. The van der Waals surface area contributed by atoms with Gasteiger partial charge in [-0.2, -0.15) is 0 Å². The summed E-state index contributed by atoms with van der Waals surface area (Å²) in [6.07, 6.45) is 2.13. The minimum absolute atomic E-state index is 0.00760. The van der Waals surface area contributed by atoms with Crippen LogP contribution in [0.25, 0.3) is 0 Å². The number of furan rings is 1. The van der Waals surface area contributed by atoms with Gasteiger partial charge in [-0.1, -0.05) is 20.8 Å². The van der Waals surface area contributed by atoms with E-state index in [2.05, 4.69) is 19.2 Å². The first-order chi connectivity index (χ1) is 11.2. The van der Waals surface area contributed by atoms with Gasteiger partial charge < -0.3 is 14.6 Å². The van der Waals surface area contributed by atoms with Crippen LogP contribution in [0.1, 0.15) is 68.8 Å². The van der Waals surface area contributed by atoms with Crippen LogP contribution < -0.4 is 5.32 Å². The second-order valence-electron chi connectivity index (χ2n) is 6.93. The molecule has 2 amide bonds. The fourth-order valence-electron chi connectivity index (χ4n) is 2.43. The number of nitrogens with zero attached hydrogens (tertiary/aromatic N) is 1. The normalized spacial score (nSPS) is 12.3. The van der Waals surface area contributed by atoms with Crippen molar-refractivity contribution < 1.29 is 14.0 Å². The molecule has 24 heavy (non-hydrogen) atoms. The van der Waals surface area contributed by atoms with Crippen molar-refractivity contribution in [1.82, 2.24) is 10.2 Å². The molecule has 0 fully saturated rings. The van der Waals surface area contributed by atoms with Gasteiger partial charge >= 0.3 is 0 Å². The second-order valence-corrected chi connectivity index (χ2v) is 6.93. The highest BCUT2D eigenvalue weighted by Gasteiger charge is 2.21. The zero-order valence-electron chi connectivity index (χ0n) is 15.9. The third-order valence-electron chi connectivity index (χ3n) is 4.16. The Bertz CT molecular complexity index is 549. The Kier molecular flexibility index (Phi) is 8.02. The number of carbonyl (C=O) groups excluding carboxylic acids is 2. The predicted molar refractivity (Wildman–Crippen MR) is 96.1 cm³/mol. The zero-order valence-corrected chi connectivity index (χ0v) is 15.9. The number of nitrogens with one attached hydrogen (secondary N) is 1. The van der Waals surface area contributed by atoms with Gasteiger partial charge in [-0.15, -0.1) is 0 Å². The summed E-state index contributed by atoms with van der Waals surface area (Å²) < 4.78 is 5.48. The lowest BCUT2D eigenvalue weighted by molar-refractivity contribution is -0.121. The molecule has 1 atom stereocenters. The Labute approximate surface area is 145 Å². The van der Waals surface area contributed by atoms with Crippen molar-refractivity contribution >= 4 is 11.8 Å². The maximum atomic E-state index is 12.8. The molecule has 0 radical (unpaired) electrons. The number of hydrogen-bond donors (Lipinski definition) is 1. The zero-order chi connectivity index (χ0) is 18.3. The van der Waals surface area contributed by atoms with Crippen molar-refractivity contribution in [3.63, 3.8) is 0 Å². The summed E-state index contributed by atoms with van der Waals surface area (Å²) in [5.41, 5.74) is 0.596. The van der Waals surface area contributed by atoms with E-state index in [0.29, 0.717) is 36.8 Å². The van der Waals surface area contributed by atoms with E-state index in [1.807, 2.05) is 20.8 Å². The van der Waals surface area contributed by atoms with Gasteiger partial charge in [0.2, 0.25) is 5.91 Å². The average Bonchev–Trinajstić information content (AvgIpc) is 2.84. The Morgan fingerprint density at radius 2 is 1.88 bits per heavy atom. The lowest BCUT2D eigenvalue weighted by Gasteiger charge is -2.23. The van der Waals surface area contributed by atoms with Crippen LogP contribution in [-0.2, 0) is 4.79 Å². The number of amides is 2. The van der Waals surface area contributed by atoms with Crippen LogP contribution in [0.3, 0.4) is 0 Å². The molecule has 0 spiro atoms. The maximum Gasteiger partial charge on any atom is 0.257 e. The van der Waals surface area contributed by atoms with Crippen LogP contribution in [0.5, 0.6) is 0 Å². The van der Waals surface area contributed by atoms with E-state index in [1.165, 1.54) is 0 Å². The summed E-state index contributed by atoms with van der Waals surface area (Å²) in [4.78, 5) is 26.6. The molecule has 1 heterocycles. The van der Waals surface area contributed by atoms with Gasteiger partial charge in [-0.05, 0) is 45.6 Å². The van der Waals surface area contributed by atoms with Crippen molar-refractivity contribution in [2.75, 3.05) is 13.1 Å². The summed E-state index contributed by atoms with van der Waals surface area (Å²) in [5.74, 6) is 1.81. The van der Waals surface area contributed by atoms with Crippen LogP contribution in [0.4, 0.5) is 0 Å². The van der Waals surface area contributed by atoms with Gasteiger partial charge in [0.25, 0.3) is 5.91 Å². The van der Waals surface area contributed by atoms with Gasteiger partial charge in [0, 0.05) is 25.6 Å². The quantitative estimate of drug-likeness (QED) is 0.748. The highest BCUT2D eigenvalue weighted by molar-refractivity contribution is 5.95. The van der Waals surface area contributed by atoms with Crippen LogP contribution in [-0.4, -0.2) is 35.8 Å². The smallest absolute Gasteiger partial charge is 0.257 e. The SMILES string of the molecule is CC[C@@H](C)NC(=O)CCN(CCC(C)C)C(=O)c1cc(C)oc1C. The molecule has 0 unspecified atom stereocenters. The minimum Gasteiger partial charge on any atom is -0.466 e. The highest BCUT2D eigenvalue weighted by Crippen LogP contribution is 2.17. The molecule has 5 nitrogen and oxygen atoms in total. The van der Waals surface area contributed by atoms with E-state index in [-0.39, 0.29) is 17.9 Å². The summed E-state index contributed by atoms with van der Waals surface area (Å²) >= 11 is 0. The molecule has 0 aliphatic rings. The number of hydrogen-bond acceptors (Lipinski definition) is 3. The molecule has 1 N–H and O–H groups in total. The Morgan fingerprint density at radius 1 is 1.21 bits per heavy atom. The van der Waals surface area contributed by atoms with Crippen molar-refractivity contribution in [3.05, 3.63) is 23.2 Å². The molecule has 5 heteroatoms. The molecule has 0 aliphatic heterocycles. The Balaban J connectivity index is 2.74. The fourth-order valence-corrected chi connectivity index (χ4v) is 2.43. The molecule has 1 aromatic heterocycles. The molecule has 0 aliphatic carbocycles. The highest BCUT2D eigenvalue weighted by atomic mass is 16.3. The van der Waals surface area contributed by atoms with E-state index in [9.17, 15) is 9.59 Å². The molecular formula is C19H32N2O3. The van der Waals surface area contributed by atoms with Gasteiger partial charge in [0.1, 0.15) is 11.5 Å². The molecule has 0 bridgehead atoms. The molecule has 1 aromatic rings. The van der Waals surface area contributed by atoms with Crippen LogP contribution in [0.2, 0.25) is 0 Å². The molecule has 1 rings (SSSR count). The first-order valence-corrected chi connectivity index (χ1v) is 8.90. The standard InChI is InChI=1S/C19H32N2O3/c1-7-14(4)20-18(22)9-11-21(10-8-13(2)3)19(23)17-12-15(5)24-16(17)6/h12-14H,7-11H2,1-6H3,(H,20,22)/t14-/m1/s1. The summed E-state index contributed by atoms with van der Waals surface area (Å²) in [7, 11) is 0. The van der Waals surface area contributed by atoms with E-state index in [4.69, 9.17) is 4.42 Å². The van der Waals surface area contributed by atoms with Gasteiger partial charge in [-0.25, -0.2) is 0 Å². The molecular weight excluding hydrogens is 304 g/mol. The first-order valence-electron chi connectivity index (χ1n) is 8.90. The van der Waals surface area contributed by atoms with E-state index in [1.54, 1.807) is 17.9 Å². The van der Waals surface area contributed by atoms with Crippen molar-refractivity contribution in [2.45, 2.75) is 66.8 Å².